The quantitative estimate of drug-likeness (QED) is 0.410. The molecule has 0 aliphatic carbocycles. The van der Waals surface area contributed by atoms with Crippen LogP contribution in [0.4, 0.5) is 0 Å². The average molecular weight is 376 g/mol. The molecule has 0 fully saturated rings. The van der Waals surface area contributed by atoms with Gasteiger partial charge in [-0.3, -0.25) is 0 Å². The molecule has 28 heavy (non-hydrogen) atoms. The molecular formula is C25H29NO2. The van der Waals surface area contributed by atoms with E-state index in [1.165, 1.54) is 19.3 Å². The summed E-state index contributed by atoms with van der Waals surface area (Å²) in [6.45, 7) is 1.06. The minimum atomic E-state index is 0.311. The van der Waals surface area contributed by atoms with Gasteiger partial charge in [-0.05, 0) is 49.2 Å². The number of aliphatic hydroxyl groups is 1. The second kappa shape index (κ2) is 11.3. The van der Waals surface area contributed by atoms with Crippen LogP contribution < -0.4 is 4.74 Å². The summed E-state index contributed by atoms with van der Waals surface area (Å²) in [4.78, 5) is 4.80. The van der Waals surface area contributed by atoms with Crippen LogP contribution in [0.2, 0.25) is 0 Å². The van der Waals surface area contributed by atoms with E-state index in [4.69, 9.17) is 14.8 Å². The van der Waals surface area contributed by atoms with Crippen LogP contribution in [0, 0.1) is 0 Å². The maximum absolute atomic E-state index is 8.77. The van der Waals surface area contributed by atoms with Gasteiger partial charge in [-0.25, -0.2) is 4.98 Å². The molecule has 3 nitrogen and oxygen atoms in total. The van der Waals surface area contributed by atoms with Crippen molar-refractivity contribution in [2.24, 2.45) is 0 Å². The molecule has 1 N–H and O–H groups in total. The third kappa shape index (κ3) is 6.21. The molecule has 3 rings (SSSR count). The topological polar surface area (TPSA) is 42.4 Å². The molecule has 0 saturated heterocycles. The van der Waals surface area contributed by atoms with Crippen LogP contribution in [0.5, 0.6) is 5.75 Å². The standard InChI is InChI=1S/C25H29NO2/c27-19-8-3-1-2-4-9-20-28-23-17-15-22(16-18-23)25-14-10-13-24(26-25)21-11-6-5-7-12-21/h5-7,10-18,27H,1-4,8-9,19-20H2. The fraction of sp³-hybridized carbons (Fsp3) is 0.320. The van der Waals surface area contributed by atoms with E-state index in [0.717, 1.165) is 54.1 Å². The van der Waals surface area contributed by atoms with E-state index in [1.807, 2.05) is 42.5 Å². The number of hydrogen-bond donors (Lipinski definition) is 1. The zero-order valence-electron chi connectivity index (χ0n) is 16.4. The SMILES string of the molecule is OCCCCCCCCOc1ccc(-c2cccc(-c3ccccc3)n2)cc1. The van der Waals surface area contributed by atoms with Gasteiger partial charge in [-0.1, -0.05) is 62.1 Å². The highest BCUT2D eigenvalue weighted by Gasteiger charge is 2.04. The van der Waals surface area contributed by atoms with Crippen LogP contribution in [-0.4, -0.2) is 23.3 Å². The first-order valence-electron chi connectivity index (χ1n) is 10.2. The third-order valence-electron chi connectivity index (χ3n) is 4.79. The molecule has 0 bridgehead atoms. The molecular weight excluding hydrogens is 346 g/mol. The average Bonchev–Trinajstić information content (AvgIpc) is 2.77. The van der Waals surface area contributed by atoms with E-state index in [9.17, 15) is 0 Å². The van der Waals surface area contributed by atoms with Crippen LogP contribution in [0.3, 0.4) is 0 Å². The van der Waals surface area contributed by atoms with Crippen molar-refractivity contribution >= 4 is 0 Å². The monoisotopic (exact) mass is 375 g/mol. The number of pyridine rings is 1. The van der Waals surface area contributed by atoms with Crippen LogP contribution in [0.25, 0.3) is 22.5 Å². The number of aliphatic hydroxyl groups excluding tert-OH is 1. The minimum Gasteiger partial charge on any atom is -0.494 e. The molecule has 0 spiro atoms. The lowest BCUT2D eigenvalue weighted by molar-refractivity contribution is 0.280. The van der Waals surface area contributed by atoms with Gasteiger partial charge in [-0.15, -0.1) is 0 Å². The van der Waals surface area contributed by atoms with Crippen LogP contribution >= 0.6 is 0 Å². The van der Waals surface area contributed by atoms with Gasteiger partial charge >= 0.3 is 0 Å². The highest BCUT2D eigenvalue weighted by molar-refractivity contribution is 5.66. The Balaban J connectivity index is 1.49. The van der Waals surface area contributed by atoms with E-state index in [1.54, 1.807) is 0 Å². The number of nitrogens with zero attached hydrogens (tertiary/aromatic N) is 1. The van der Waals surface area contributed by atoms with Crippen molar-refractivity contribution in [1.82, 2.24) is 4.98 Å². The molecule has 2 aromatic carbocycles. The van der Waals surface area contributed by atoms with Crippen molar-refractivity contribution in [3.8, 4) is 28.3 Å². The molecule has 0 saturated carbocycles. The number of unbranched alkanes of at least 4 members (excludes halogenated alkanes) is 5. The van der Waals surface area contributed by atoms with E-state index in [0.29, 0.717) is 6.61 Å². The Hall–Kier alpha value is -2.65. The minimum absolute atomic E-state index is 0.311. The molecule has 3 aromatic rings. The molecule has 146 valence electrons. The van der Waals surface area contributed by atoms with Gasteiger partial charge in [0.25, 0.3) is 0 Å². The van der Waals surface area contributed by atoms with Gasteiger partial charge in [0, 0.05) is 17.7 Å². The molecule has 0 radical (unpaired) electrons. The molecule has 0 aliphatic heterocycles. The summed E-state index contributed by atoms with van der Waals surface area (Å²) >= 11 is 0. The number of aromatic nitrogens is 1. The summed E-state index contributed by atoms with van der Waals surface area (Å²) in [5.41, 5.74) is 4.17. The molecule has 1 heterocycles. The molecule has 0 amide bonds. The van der Waals surface area contributed by atoms with Crippen molar-refractivity contribution < 1.29 is 9.84 Å². The molecule has 0 aliphatic rings. The summed E-state index contributed by atoms with van der Waals surface area (Å²) < 4.78 is 5.86. The smallest absolute Gasteiger partial charge is 0.119 e. The first-order chi connectivity index (χ1) is 13.9. The Labute approximate surface area is 168 Å². The maximum atomic E-state index is 8.77. The fourth-order valence-corrected chi connectivity index (χ4v) is 3.20. The first kappa shape index (κ1) is 20.1. The normalized spacial score (nSPS) is 10.8. The summed E-state index contributed by atoms with van der Waals surface area (Å²) in [5, 5.41) is 8.77. The lowest BCUT2D eigenvalue weighted by Gasteiger charge is -2.08. The van der Waals surface area contributed by atoms with Gasteiger partial charge in [0.1, 0.15) is 5.75 Å². The Bertz CT molecular complexity index is 815. The Morgan fingerprint density at radius 1 is 0.607 bits per heavy atom. The largest absolute Gasteiger partial charge is 0.494 e. The number of benzene rings is 2. The number of ether oxygens (including phenoxy) is 1. The maximum Gasteiger partial charge on any atom is 0.119 e. The Kier molecular flexibility index (Phi) is 8.07. The van der Waals surface area contributed by atoms with Crippen molar-refractivity contribution in [2.75, 3.05) is 13.2 Å². The molecule has 1 aromatic heterocycles. The molecule has 0 unspecified atom stereocenters. The lowest BCUT2D eigenvalue weighted by Crippen LogP contribution is -1.97. The predicted molar refractivity (Wildman–Crippen MR) is 115 cm³/mol. The first-order valence-corrected chi connectivity index (χ1v) is 10.2. The van der Waals surface area contributed by atoms with Crippen LogP contribution in [0.15, 0.2) is 72.8 Å². The lowest BCUT2D eigenvalue weighted by atomic mass is 10.1. The zero-order chi connectivity index (χ0) is 19.4. The number of hydrogen-bond acceptors (Lipinski definition) is 3. The molecule has 0 atom stereocenters. The third-order valence-corrected chi connectivity index (χ3v) is 4.79. The van der Waals surface area contributed by atoms with E-state index >= 15 is 0 Å². The van der Waals surface area contributed by atoms with Gasteiger partial charge < -0.3 is 9.84 Å². The van der Waals surface area contributed by atoms with Gasteiger partial charge in [0.2, 0.25) is 0 Å². The van der Waals surface area contributed by atoms with Crippen molar-refractivity contribution in [3.63, 3.8) is 0 Å². The zero-order valence-corrected chi connectivity index (χ0v) is 16.4. The number of rotatable bonds is 11. The summed E-state index contributed by atoms with van der Waals surface area (Å²) in [5.74, 6) is 0.906. The van der Waals surface area contributed by atoms with E-state index in [2.05, 4.69) is 30.3 Å². The predicted octanol–water partition coefficient (Wildman–Crippen LogP) is 6.13. The highest BCUT2D eigenvalue weighted by atomic mass is 16.5. The summed E-state index contributed by atoms with van der Waals surface area (Å²) in [6, 6.07) is 24.6. The second-order valence-corrected chi connectivity index (χ2v) is 6.99. The Morgan fingerprint density at radius 2 is 1.21 bits per heavy atom. The van der Waals surface area contributed by atoms with Crippen molar-refractivity contribution in [2.45, 2.75) is 38.5 Å². The van der Waals surface area contributed by atoms with Crippen molar-refractivity contribution in [3.05, 3.63) is 72.8 Å². The van der Waals surface area contributed by atoms with Crippen LogP contribution in [-0.2, 0) is 0 Å². The van der Waals surface area contributed by atoms with Crippen LogP contribution in [0.1, 0.15) is 38.5 Å². The van der Waals surface area contributed by atoms with Gasteiger partial charge in [0.15, 0.2) is 0 Å². The fourth-order valence-electron chi connectivity index (χ4n) is 3.20. The van der Waals surface area contributed by atoms with Crippen molar-refractivity contribution in [1.29, 1.82) is 0 Å². The van der Waals surface area contributed by atoms with E-state index in [-0.39, 0.29) is 0 Å². The highest BCUT2D eigenvalue weighted by Crippen LogP contribution is 2.24. The summed E-state index contributed by atoms with van der Waals surface area (Å²) in [6.07, 6.45) is 6.71. The summed E-state index contributed by atoms with van der Waals surface area (Å²) in [7, 11) is 0. The van der Waals surface area contributed by atoms with Gasteiger partial charge in [-0.2, -0.15) is 0 Å². The second-order valence-electron chi connectivity index (χ2n) is 6.99. The Morgan fingerprint density at radius 3 is 1.89 bits per heavy atom. The van der Waals surface area contributed by atoms with Gasteiger partial charge in [0.05, 0.1) is 18.0 Å². The van der Waals surface area contributed by atoms with E-state index < -0.39 is 0 Å². The molecule has 3 heteroatoms.